The van der Waals surface area contributed by atoms with Crippen LogP contribution in [-0.4, -0.2) is 39.9 Å². The zero-order chi connectivity index (χ0) is 83.6. The summed E-state index contributed by atoms with van der Waals surface area (Å²) < 4.78 is 13.5. The van der Waals surface area contributed by atoms with Gasteiger partial charge in [-0.1, -0.05) is 394 Å². The molecule has 10 heteroatoms. The first-order chi connectivity index (χ1) is 62.4. The summed E-state index contributed by atoms with van der Waals surface area (Å²) in [5, 5.41) is 6.61. The number of hydrogen-bond acceptors (Lipinski definition) is 10. The van der Waals surface area contributed by atoms with E-state index >= 15 is 0 Å². The van der Waals surface area contributed by atoms with E-state index in [1.54, 1.807) is 0 Å². The van der Waals surface area contributed by atoms with E-state index in [0.717, 1.165) is 206 Å². The molecule has 0 aliphatic carbocycles. The molecule has 23 aromatic rings. The van der Waals surface area contributed by atoms with Crippen LogP contribution in [0.2, 0.25) is 0 Å². The molecule has 0 unspecified atom stereocenters. The summed E-state index contributed by atoms with van der Waals surface area (Å²) in [6, 6.07) is 155. The van der Waals surface area contributed by atoms with Gasteiger partial charge >= 0.3 is 0 Å². The fourth-order valence-electron chi connectivity index (χ4n) is 17.0. The van der Waals surface area contributed by atoms with Crippen molar-refractivity contribution < 1.29 is 8.83 Å². The Hall–Kier alpha value is -17.1. The smallest absolute Gasteiger partial charge is 0.160 e. The number of para-hydroxylation sites is 2. The molecule has 0 amide bonds. The van der Waals surface area contributed by atoms with Crippen LogP contribution in [0.25, 0.3) is 235 Å². The van der Waals surface area contributed by atoms with Gasteiger partial charge in [0.2, 0.25) is 0 Å². The average Bonchev–Trinajstić information content (AvgIpc) is 1.58. The van der Waals surface area contributed by atoms with Crippen molar-refractivity contribution in [3.05, 3.63) is 449 Å². The summed E-state index contributed by atoms with van der Waals surface area (Å²) >= 11 is 0. The lowest BCUT2D eigenvalue weighted by Gasteiger charge is -2.12. The second kappa shape index (κ2) is 33.1. The van der Waals surface area contributed by atoms with Crippen LogP contribution in [0.5, 0.6) is 0 Å². The minimum absolute atomic E-state index is 0.669. The summed E-state index contributed by atoms with van der Waals surface area (Å²) in [5.41, 5.74) is 30.9. The maximum atomic E-state index is 6.76. The Kier molecular flexibility index (Phi) is 19.8. The molecule has 0 radical (unpaired) electrons. The maximum absolute atomic E-state index is 6.76. The van der Waals surface area contributed by atoms with Crippen molar-refractivity contribution >= 4 is 54.6 Å². The minimum atomic E-state index is 0.669. The Morgan fingerprint density at radius 2 is 0.389 bits per heavy atom. The minimum Gasteiger partial charge on any atom is -0.455 e. The van der Waals surface area contributed by atoms with Gasteiger partial charge in [-0.2, -0.15) is 0 Å². The molecule has 0 aliphatic heterocycles. The summed E-state index contributed by atoms with van der Waals surface area (Å²) in [5.74, 6) is 2.73. The van der Waals surface area contributed by atoms with Gasteiger partial charge in [0.15, 0.2) is 23.3 Å². The second-order valence-electron chi connectivity index (χ2n) is 31.2. The highest BCUT2D eigenvalue weighted by Crippen LogP contribution is 2.46. The summed E-state index contributed by atoms with van der Waals surface area (Å²) in [6.45, 7) is 0. The van der Waals surface area contributed by atoms with E-state index in [1.165, 1.54) is 5.39 Å². The van der Waals surface area contributed by atoms with Gasteiger partial charge < -0.3 is 8.83 Å². The number of aromatic nitrogens is 8. The summed E-state index contributed by atoms with van der Waals surface area (Å²) in [7, 11) is 0. The highest BCUT2D eigenvalue weighted by molar-refractivity contribution is 6.18. The predicted octanol–water partition coefficient (Wildman–Crippen LogP) is 30.2. The molecule has 0 aliphatic rings. The molecule has 0 bridgehead atoms. The van der Waals surface area contributed by atoms with Crippen LogP contribution in [0.1, 0.15) is 0 Å². The van der Waals surface area contributed by atoms with Crippen molar-refractivity contribution in [1.82, 2.24) is 39.9 Å². The highest BCUT2D eigenvalue weighted by Gasteiger charge is 2.24. The van der Waals surface area contributed by atoms with E-state index in [4.69, 9.17) is 48.7 Å². The molecular formula is C116H74N8O2. The van der Waals surface area contributed by atoms with Crippen molar-refractivity contribution in [3.63, 3.8) is 0 Å². The number of furan rings is 2. The number of nitrogens with zero attached hydrogens (tertiary/aromatic N) is 8. The summed E-state index contributed by atoms with van der Waals surface area (Å²) in [4.78, 5) is 40.6. The lowest BCUT2D eigenvalue weighted by molar-refractivity contribution is 0.669. The molecule has 0 saturated carbocycles. The van der Waals surface area contributed by atoms with E-state index in [2.05, 4.69) is 297 Å². The van der Waals surface area contributed by atoms with Gasteiger partial charge in [-0.05, 0) is 98.8 Å². The van der Waals surface area contributed by atoms with Gasteiger partial charge in [0, 0.05) is 99.4 Å². The fourth-order valence-corrected chi connectivity index (χ4v) is 17.0. The molecule has 126 heavy (non-hydrogen) atoms. The van der Waals surface area contributed by atoms with Crippen LogP contribution >= 0.6 is 0 Å². The predicted molar refractivity (Wildman–Crippen MR) is 514 cm³/mol. The molecule has 0 fully saturated rings. The third-order valence-electron chi connectivity index (χ3n) is 23.3. The van der Waals surface area contributed by atoms with E-state index in [0.29, 0.717) is 23.3 Å². The van der Waals surface area contributed by atoms with Gasteiger partial charge in [0.1, 0.15) is 22.3 Å². The van der Waals surface area contributed by atoms with E-state index in [1.807, 2.05) is 152 Å². The number of hydrogen-bond donors (Lipinski definition) is 0. The molecule has 0 atom stereocenters. The Labute approximate surface area is 727 Å². The number of benzene rings is 17. The Morgan fingerprint density at radius 3 is 0.786 bits per heavy atom. The standard InChI is InChI=1S/C60H38N4O.C56H36N4O/c1-4-16-42(17-5-1)52-37-53(43-18-6-2-7-19-43)62-59(61-52)45-31-27-40(28-32-45)48-35-36-49(58-57(48)51-24-12-13-26-56(51)65-58)41-29-33-46(34-30-41)60-63-54(44-20-8-3-9-21-44)38-55(64-60)50-25-14-22-39-15-10-11-23-47(39)50;1-5-16-38(17-6-1)48-35-50(59-55(57-48)41-20-9-3-10-21-41)40-30-28-37(29-31-40)45-32-33-46(54-53(45)47-26-13-14-27-52(47)61-54)43-24-15-25-44(34-43)51-36-49(39-18-7-2-8-19-39)58-56(60-51)42-22-11-4-12-23-42/h1-38H;1-36H. The van der Waals surface area contributed by atoms with Gasteiger partial charge in [-0.3, -0.25) is 0 Å². The Balaban J connectivity index is 0.000000149. The fraction of sp³-hybridized carbons (Fsp3) is 0. The zero-order valence-electron chi connectivity index (χ0n) is 68.1. The van der Waals surface area contributed by atoms with Gasteiger partial charge in [0.05, 0.1) is 45.6 Å². The lowest BCUT2D eigenvalue weighted by Crippen LogP contribution is -1.96. The quantitative estimate of drug-likeness (QED) is 0.0922. The van der Waals surface area contributed by atoms with Gasteiger partial charge in [-0.15, -0.1) is 0 Å². The molecule has 6 aromatic heterocycles. The first kappa shape index (κ1) is 75.2. The lowest BCUT2D eigenvalue weighted by atomic mass is 9.93. The Morgan fingerprint density at radius 1 is 0.143 bits per heavy atom. The third kappa shape index (κ3) is 14.9. The topological polar surface area (TPSA) is 129 Å². The molecule has 23 rings (SSSR count). The van der Waals surface area contributed by atoms with Gasteiger partial charge in [-0.25, -0.2) is 39.9 Å². The van der Waals surface area contributed by atoms with Crippen LogP contribution < -0.4 is 0 Å². The zero-order valence-corrected chi connectivity index (χ0v) is 68.1. The van der Waals surface area contributed by atoms with Crippen LogP contribution in [0.4, 0.5) is 0 Å². The first-order valence-electron chi connectivity index (χ1n) is 42.2. The van der Waals surface area contributed by atoms with E-state index in [-0.39, 0.29) is 0 Å². The van der Waals surface area contributed by atoms with Crippen molar-refractivity contribution in [3.8, 4) is 180 Å². The molecule has 17 aromatic carbocycles. The second-order valence-corrected chi connectivity index (χ2v) is 31.2. The third-order valence-corrected chi connectivity index (χ3v) is 23.3. The SMILES string of the molecule is c1ccc(-c2cc(-c3ccc(-c4ccc(-c5cccc(-c6cc(-c7ccccc7)nc(-c7ccccc7)n6)c5)c5oc6ccccc6c45)cc3)nc(-c3ccccc3)n2)cc1.c1ccc(-c2cc(-c3ccccc3)nc(-c3ccc(-c4ccc(-c5ccc(-c6nc(-c7ccccc7)cc(-c7cccc8ccccc78)n6)cc5)c5oc6ccccc6c45)cc3)n2)cc1. The molecule has 0 N–H and O–H groups in total. The van der Waals surface area contributed by atoms with Crippen molar-refractivity contribution in [2.24, 2.45) is 0 Å². The van der Waals surface area contributed by atoms with Crippen LogP contribution in [0.3, 0.4) is 0 Å². The van der Waals surface area contributed by atoms with E-state index in [9.17, 15) is 0 Å². The van der Waals surface area contributed by atoms with Crippen molar-refractivity contribution in [2.75, 3.05) is 0 Å². The molecule has 6 heterocycles. The van der Waals surface area contributed by atoms with Crippen LogP contribution in [0.15, 0.2) is 458 Å². The number of rotatable bonds is 16. The molecule has 10 nitrogen and oxygen atoms in total. The Bertz CT molecular complexity index is 7780. The highest BCUT2D eigenvalue weighted by atomic mass is 16.3. The average molecular weight is 1610 g/mol. The monoisotopic (exact) mass is 1610 g/mol. The molecular weight excluding hydrogens is 1540 g/mol. The van der Waals surface area contributed by atoms with Crippen molar-refractivity contribution in [2.45, 2.75) is 0 Å². The van der Waals surface area contributed by atoms with Gasteiger partial charge in [0.25, 0.3) is 0 Å². The van der Waals surface area contributed by atoms with E-state index < -0.39 is 0 Å². The largest absolute Gasteiger partial charge is 0.455 e. The van der Waals surface area contributed by atoms with Crippen molar-refractivity contribution in [1.29, 1.82) is 0 Å². The normalized spacial score (nSPS) is 11.3. The number of fused-ring (bicyclic) bond motifs is 7. The molecule has 0 spiro atoms. The van der Waals surface area contributed by atoms with Crippen LogP contribution in [0, 0.1) is 0 Å². The molecule has 590 valence electrons. The maximum Gasteiger partial charge on any atom is 0.160 e. The van der Waals surface area contributed by atoms with Crippen LogP contribution in [-0.2, 0) is 0 Å². The summed E-state index contributed by atoms with van der Waals surface area (Å²) in [6.07, 6.45) is 0. The molecule has 0 saturated heterocycles. The first-order valence-corrected chi connectivity index (χ1v) is 42.2.